The second-order valence-corrected chi connectivity index (χ2v) is 9.28. The molecule has 38 heavy (non-hydrogen) atoms. The Kier molecular flexibility index (Phi) is 8.07. The summed E-state index contributed by atoms with van der Waals surface area (Å²) in [5, 5.41) is 4.37. The van der Waals surface area contributed by atoms with Gasteiger partial charge in [-0.15, -0.1) is 0 Å². The van der Waals surface area contributed by atoms with Gasteiger partial charge in [0.2, 0.25) is 6.86 Å². The number of hydrogen-bond donors (Lipinski definition) is 2. The van der Waals surface area contributed by atoms with Crippen LogP contribution in [0.1, 0.15) is 50.3 Å². The molecular weight excluding hydrogens is 521 g/mol. The van der Waals surface area contributed by atoms with E-state index in [0.717, 1.165) is 18.3 Å². The van der Waals surface area contributed by atoms with Gasteiger partial charge >= 0.3 is 12.3 Å². The second kappa shape index (κ2) is 10.8. The quantitative estimate of drug-likeness (QED) is 0.526. The molecule has 0 aliphatic carbocycles. The minimum absolute atomic E-state index is 0.0755. The first-order valence-corrected chi connectivity index (χ1v) is 11.1. The van der Waals surface area contributed by atoms with Gasteiger partial charge in [0, 0.05) is 6.42 Å². The molecule has 0 aromatic carbocycles. The molecule has 0 spiro atoms. The molecule has 0 saturated carbocycles. The molecule has 2 atom stereocenters. The number of aliphatic imine (C=N–C) groups is 1. The van der Waals surface area contributed by atoms with Crippen LogP contribution < -0.4 is 15.4 Å². The summed E-state index contributed by atoms with van der Waals surface area (Å²) < 4.78 is 82.6. The highest BCUT2D eigenvalue weighted by atomic mass is 19.4. The Bertz CT molecular complexity index is 1220. The number of alkyl carbamates (subject to hydrolysis) is 1. The lowest BCUT2D eigenvalue weighted by Gasteiger charge is -2.36. The van der Waals surface area contributed by atoms with Gasteiger partial charge in [0.25, 0.3) is 11.9 Å². The Morgan fingerprint density at radius 3 is 2.45 bits per heavy atom. The van der Waals surface area contributed by atoms with Crippen molar-refractivity contribution in [1.82, 2.24) is 15.3 Å². The number of nitrogens with zero attached hydrogens (tertiary/aromatic N) is 3. The molecular formula is C23H24F5N5O5. The van der Waals surface area contributed by atoms with E-state index in [1.165, 1.54) is 19.1 Å². The minimum Gasteiger partial charge on any atom is -0.461 e. The third-order valence-corrected chi connectivity index (χ3v) is 4.95. The van der Waals surface area contributed by atoms with Gasteiger partial charge in [-0.1, -0.05) is 0 Å². The molecule has 2 amide bonds. The van der Waals surface area contributed by atoms with Crippen molar-refractivity contribution in [2.24, 2.45) is 4.99 Å². The first-order valence-electron chi connectivity index (χ1n) is 11.1. The fraction of sp³-hybridized carbons (Fsp3) is 0.435. The van der Waals surface area contributed by atoms with Crippen LogP contribution in [0.15, 0.2) is 35.5 Å². The molecule has 3 heterocycles. The molecule has 15 heteroatoms. The van der Waals surface area contributed by atoms with Crippen LogP contribution in [0.2, 0.25) is 0 Å². The number of carbonyl (C=O) groups excluding carboxylic acids is 2. The molecule has 2 N–H and O–H groups in total. The average Bonchev–Trinajstić information content (AvgIpc) is 2.78. The number of amides is 2. The van der Waals surface area contributed by atoms with Gasteiger partial charge in [0.15, 0.2) is 6.10 Å². The van der Waals surface area contributed by atoms with Crippen molar-refractivity contribution >= 4 is 23.8 Å². The van der Waals surface area contributed by atoms with E-state index in [-0.39, 0.29) is 17.3 Å². The zero-order valence-electron chi connectivity index (χ0n) is 20.7. The van der Waals surface area contributed by atoms with Crippen LogP contribution in [0.3, 0.4) is 0 Å². The highest BCUT2D eigenvalue weighted by molar-refractivity contribution is 6.02. The average molecular weight is 545 g/mol. The first kappa shape index (κ1) is 28.5. The van der Waals surface area contributed by atoms with Crippen LogP contribution in [0.25, 0.3) is 0 Å². The number of aromatic nitrogens is 2. The maximum atomic E-state index is 14.9. The van der Waals surface area contributed by atoms with Gasteiger partial charge in [-0.2, -0.15) is 13.2 Å². The molecule has 0 bridgehead atoms. The summed E-state index contributed by atoms with van der Waals surface area (Å²) in [6.07, 6.45) is -8.28. The summed E-state index contributed by atoms with van der Waals surface area (Å²) in [5.41, 5.74) is -3.62. The third kappa shape index (κ3) is 7.26. The number of rotatable bonds is 5. The summed E-state index contributed by atoms with van der Waals surface area (Å²) in [5.74, 6) is -1.94. The summed E-state index contributed by atoms with van der Waals surface area (Å²) in [6.45, 7) is 4.71. The molecule has 1 aliphatic heterocycles. The molecule has 2 aromatic heterocycles. The van der Waals surface area contributed by atoms with Crippen LogP contribution in [0.4, 0.5) is 32.6 Å². The zero-order valence-corrected chi connectivity index (χ0v) is 20.7. The molecule has 10 nitrogen and oxygen atoms in total. The smallest absolute Gasteiger partial charge is 0.425 e. The van der Waals surface area contributed by atoms with Gasteiger partial charge in [-0.05, 0) is 52.0 Å². The Morgan fingerprint density at radius 1 is 1.16 bits per heavy atom. The van der Waals surface area contributed by atoms with Crippen LogP contribution >= 0.6 is 0 Å². The third-order valence-electron chi connectivity index (χ3n) is 4.95. The normalized spacial score (nSPS) is 19.6. The zero-order chi connectivity index (χ0) is 28.3. The maximum Gasteiger partial charge on any atom is 0.425 e. The van der Waals surface area contributed by atoms with E-state index in [1.54, 1.807) is 20.8 Å². The molecule has 1 aliphatic rings. The van der Waals surface area contributed by atoms with Crippen molar-refractivity contribution in [3.8, 4) is 5.75 Å². The van der Waals surface area contributed by atoms with Crippen molar-refractivity contribution in [3.05, 3.63) is 47.7 Å². The van der Waals surface area contributed by atoms with E-state index < -0.39 is 66.2 Å². The van der Waals surface area contributed by atoms with Crippen LogP contribution in [-0.2, 0) is 15.0 Å². The summed E-state index contributed by atoms with van der Waals surface area (Å²) >= 11 is 0. The lowest BCUT2D eigenvalue weighted by atomic mass is 9.89. The monoisotopic (exact) mass is 545 g/mol. The SMILES string of the molecule is CC(C)(C)OC(=O)NC1=N[C@](C)(c2nc(NC(=O)c3ccc(OCF)cn3)ccc2F)C[C@@H](C(F)(F)F)O1. The van der Waals surface area contributed by atoms with E-state index in [9.17, 15) is 31.5 Å². The fourth-order valence-electron chi connectivity index (χ4n) is 3.35. The standard InChI is InChI=1S/C23H24F5N5O5/c1-21(2,3)38-20(35)32-19-33-22(4,9-15(37-19)23(26,27)28)17-13(25)6-8-16(30-17)31-18(34)14-7-5-12(10-29-14)36-11-24/h5-8,10,15H,9,11H2,1-4H3,(H,30,31,34)(H,32,33,35)/t15-,22-/m0/s1. The number of ether oxygens (including phenoxy) is 3. The molecule has 3 rings (SSSR count). The fourth-order valence-corrected chi connectivity index (χ4v) is 3.35. The molecule has 2 aromatic rings. The lowest BCUT2D eigenvalue weighted by Crippen LogP contribution is -2.49. The Balaban J connectivity index is 1.91. The Hall–Kier alpha value is -4.04. The predicted octanol–water partition coefficient (Wildman–Crippen LogP) is 4.62. The van der Waals surface area contributed by atoms with Gasteiger partial charge in [0.05, 0.1) is 6.20 Å². The molecule has 0 radical (unpaired) electrons. The van der Waals surface area contributed by atoms with Crippen LogP contribution in [0.5, 0.6) is 5.75 Å². The summed E-state index contributed by atoms with van der Waals surface area (Å²) in [6, 6.07) is 3.66. The van der Waals surface area contributed by atoms with E-state index in [1.807, 2.05) is 5.32 Å². The highest BCUT2D eigenvalue weighted by Crippen LogP contribution is 2.40. The summed E-state index contributed by atoms with van der Waals surface area (Å²) in [7, 11) is 0. The number of anilines is 1. The number of carbonyl (C=O) groups is 2. The minimum atomic E-state index is -4.90. The van der Waals surface area contributed by atoms with Crippen molar-refractivity contribution in [2.75, 3.05) is 12.2 Å². The van der Waals surface area contributed by atoms with E-state index >= 15 is 0 Å². The molecule has 0 fully saturated rings. The highest BCUT2D eigenvalue weighted by Gasteiger charge is 2.51. The number of halogens is 5. The van der Waals surface area contributed by atoms with Gasteiger partial charge in [0.1, 0.15) is 39.9 Å². The van der Waals surface area contributed by atoms with Crippen molar-refractivity contribution < 1.29 is 45.8 Å². The van der Waals surface area contributed by atoms with Gasteiger partial charge in [-0.25, -0.2) is 33.9 Å². The molecule has 0 unspecified atom stereocenters. The van der Waals surface area contributed by atoms with Crippen molar-refractivity contribution in [1.29, 1.82) is 0 Å². The summed E-state index contributed by atoms with van der Waals surface area (Å²) in [4.78, 5) is 36.4. The number of nitrogens with one attached hydrogen (secondary N) is 2. The molecule has 0 saturated heterocycles. The van der Waals surface area contributed by atoms with E-state index in [2.05, 4.69) is 25.0 Å². The number of alkyl halides is 4. The van der Waals surface area contributed by atoms with Crippen molar-refractivity contribution in [3.63, 3.8) is 0 Å². The van der Waals surface area contributed by atoms with E-state index in [0.29, 0.717) is 0 Å². The Morgan fingerprint density at radius 2 is 1.87 bits per heavy atom. The van der Waals surface area contributed by atoms with Gasteiger partial charge in [-0.3, -0.25) is 4.79 Å². The van der Waals surface area contributed by atoms with Crippen molar-refractivity contribution in [2.45, 2.75) is 57.5 Å². The van der Waals surface area contributed by atoms with Crippen LogP contribution in [0, 0.1) is 5.82 Å². The predicted molar refractivity (Wildman–Crippen MR) is 123 cm³/mol. The number of amidine groups is 1. The largest absolute Gasteiger partial charge is 0.461 e. The maximum absolute atomic E-state index is 14.9. The lowest BCUT2D eigenvalue weighted by molar-refractivity contribution is -0.208. The van der Waals surface area contributed by atoms with Gasteiger partial charge < -0.3 is 19.5 Å². The first-order chi connectivity index (χ1) is 17.6. The number of hydrogen-bond acceptors (Lipinski definition) is 8. The molecule has 206 valence electrons. The number of pyridine rings is 2. The van der Waals surface area contributed by atoms with E-state index in [4.69, 9.17) is 9.47 Å². The van der Waals surface area contributed by atoms with Crippen LogP contribution in [-0.4, -0.2) is 52.7 Å². The topological polar surface area (TPSA) is 124 Å². The second-order valence-electron chi connectivity index (χ2n) is 9.28. The Labute approximate surface area is 213 Å².